The molecule has 0 spiro atoms. The van der Waals surface area contributed by atoms with Gasteiger partial charge < -0.3 is 10.0 Å². The van der Waals surface area contributed by atoms with Gasteiger partial charge in [-0.25, -0.2) is 9.18 Å². The first-order valence-electron chi connectivity index (χ1n) is 9.81. The van der Waals surface area contributed by atoms with E-state index in [1.807, 2.05) is 13.8 Å². The Hall–Kier alpha value is -1.95. The number of carbonyl (C=O) groups is 2. The molecule has 1 atom stereocenters. The van der Waals surface area contributed by atoms with Crippen molar-refractivity contribution in [2.75, 3.05) is 13.1 Å². The summed E-state index contributed by atoms with van der Waals surface area (Å²) in [6, 6.07) is 4.48. The summed E-state index contributed by atoms with van der Waals surface area (Å²) >= 11 is 1.42. The predicted molar refractivity (Wildman–Crippen MR) is 113 cm³/mol. The Balaban J connectivity index is 0.00000136. The molecule has 4 nitrogen and oxygen atoms in total. The Morgan fingerprint density at radius 3 is 2.54 bits per heavy atom. The number of fused-ring (bicyclic) bond motifs is 1. The molecule has 0 saturated carbocycles. The van der Waals surface area contributed by atoms with Crippen LogP contribution in [0.3, 0.4) is 0 Å². The Kier molecular flexibility index (Phi) is 6.86. The first-order valence-corrected chi connectivity index (χ1v) is 10.7. The van der Waals surface area contributed by atoms with Crippen LogP contribution < -0.4 is 0 Å². The van der Waals surface area contributed by atoms with E-state index < -0.39 is 11.5 Å². The van der Waals surface area contributed by atoms with E-state index in [1.165, 1.54) is 28.4 Å². The van der Waals surface area contributed by atoms with Gasteiger partial charge in [0.2, 0.25) is 0 Å². The number of hydrogen-bond acceptors (Lipinski definition) is 3. The average Bonchev–Trinajstić information content (AvgIpc) is 3.25. The molecular formula is C22H30FNO3S. The van der Waals surface area contributed by atoms with Crippen LogP contribution in [-0.2, 0) is 0 Å². The van der Waals surface area contributed by atoms with Crippen molar-refractivity contribution in [1.29, 1.82) is 0 Å². The normalized spacial score (nSPS) is 19.4. The molecule has 1 aromatic heterocycles. The molecule has 0 aliphatic carbocycles. The molecule has 6 heteroatoms. The third kappa shape index (κ3) is 4.72. The topological polar surface area (TPSA) is 57.6 Å². The number of Topliss-reactive ketones (excluding diaryl/α,β-unsaturated/α-hetero) is 1. The van der Waals surface area contributed by atoms with Crippen LogP contribution in [0.4, 0.5) is 9.18 Å². The van der Waals surface area contributed by atoms with Gasteiger partial charge in [0.1, 0.15) is 5.82 Å². The van der Waals surface area contributed by atoms with Crippen LogP contribution in [0.5, 0.6) is 0 Å². The highest BCUT2D eigenvalue weighted by molar-refractivity contribution is 7.17. The summed E-state index contributed by atoms with van der Waals surface area (Å²) in [6.45, 7) is 10.9. The highest BCUT2D eigenvalue weighted by Gasteiger charge is 2.46. The number of carboxylic acid groups (broad SMARTS) is 1. The fourth-order valence-electron chi connectivity index (χ4n) is 3.62. The van der Waals surface area contributed by atoms with Gasteiger partial charge in [-0.2, -0.15) is 0 Å². The van der Waals surface area contributed by atoms with Crippen molar-refractivity contribution < 1.29 is 19.1 Å². The van der Waals surface area contributed by atoms with Gasteiger partial charge in [-0.15, -0.1) is 11.3 Å². The Labute approximate surface area is 170 Å². The molecule has 0 radical (unpaired) electrons. The smallest absolute Gasteiger partial charge is 0.407 e. The molecular weight excluding hydrogens is 377 g/mol. The van der Waals surface area contributed by atoms with Crippen molar-refractivity contribution in [2.24, 2.45) is 10.8 Å². The van der Waals surface area contributed by atoms with Gasteiger partial charge in [0.15, 0.2) is 5.78 Å². The first kappa shape index (κ1) is 22.3. The van der Waals surface area contributed by atoms with Gasteiger partial charge in [-0.3, -0.25) is 4.79 Å². The highest BCUT2D eigenvalue weighted by atomic mass is 32.1. The maximum atomic E-state index is 13.7. The van der Waals surface area contributed by atoms with Gasteiger partial charge in [-0.1, -0.05) is 34.6 Å². The molecule has 1 aromatic carbocycles. The molecule has 1 aliphatic heterocycles. The zero-order valence-electron chi connectivity index (χ0n) is 17.3. The number of ketones is 1. The number of nitrogens with zero attached hydrogens (tertiary/aromatic N) is 1. The van der Waals surface area contributed by atoms with Crippen molar-refractivity contribution in [2.45, 2.75) is 53.9 Å². The lowest BCUT2D eigenvalue weighted by Crippen LogP contribution is -2.37. The van der Waals surface area contributed by atoms with E-state index in [9.17, 15) is 19.1 Å². The molecule has 28 heavy (non-hydrogen) atoms. The summed E-state index contributed by atoms with van der Waals surface area (Å²) < 4.78 is 14.6. The van der Waals surface area contributed by atoms with E-state index in [2.05, 4.69) is 20.8 Å². The van der Waals surface area contributed by atoms with Gasteiger partial charge in [0, 0.05) is 34.1 Å². The molecule has 1 amide bonds. The Morgan fingerprint density at radius 1 is 1.29 bits per heavy atom. The maximum absolute atomic E-state index is 13.7. The van der Waals surface area contributed by atoms with Crippen molar-refractivity contribution >= 4 is 33.3 Å². The lowest BCUT2D eigenvalue weighted by Gasteiger charge is -2.30. The summed E-state index contributed by atoms with van der Waals surface area (Å²) in [7, 11) is 0. The van der Waals surface area contributed by atoms with Crippen LogP contribution >= 0.6 is 11.3 Å². The minimum Gasteiger partial charge on any atom is -0.465 e. The number of halogens is 1. The number of likely N-dealkylation sites (tertiary alicyclic amines) is 1. The Bertz CT molecular complexity index is 855. The second-order valence-electron chi connectivity index (χ2n) is 8.41. The lowest BCUT2D eigenvalue weighted by molar-refractivity contribution is 0.0763. The van der Waals surface area contributed by atoms with Crippen molar-refractivity contribution in [3.8, 4) is 0 Å². The fourth-order valence-corrected chi connectivity index (χ4v) is 4.54. The summed E-state index contributed by atoms with van der Waals surface area (Å²) in [5, 5.41) is 11.8. The SMILES string of the molecule is CC.CC(C)(C)CCC1(C(=O)c2csc3ccc(F)cc23)CCN(C(=O)O)C1. The zero-order chi connectivity index (χ0) is 21.1. The molecule has 1 N–H and O–H groups in total. The number of rotatable bonds is 4. The number of benzene rings is 1. The van der Waals surface area contributed by atoms with Gasteiger partial charge in [0.05, 0.1) is 5.41 Å². The monoisotopic (exact) mass is 407 g/mol. The van der Waals surface area contributed by atoms with Crippen molar-refractivity contribution in [1.82, 2.24) is 4.90 Å². The molecule has 1 fully saturated rings. The zero-order valence-corrected chi connectivity index (χ0v) is 18.2. The standard InChI is InChI=1S/C20H24FNO3S.C2H6/c1-19(2,3)6-7-20(8-9-22(12-20)18(24)25)17(23)15-11-26-16-5-4-13(21)10-14(15)16;1-2/h4-5,10-11H,6-9,12H2,1-3H3,(H,24,25);1-2H3. The van der Waals surface area contributed by atoms with Crippen LogP contribution in [0.1, 0.15) is 64.2 Å². The second kappa shape index (κ2) is 8.60. The molecule has 2 heterocycles. The van der Waals surface area contributed by atoms with Gasteiger partial charge in [-0.05, 0) is 42.9 Å². The molecule has 3 rings (SSSR count). The van der Waals surface area contributed by atoms with Crippen LogP contribution in [0.2, 0.25) is 0 Å². The highest BCUT2D eigenvalue weighted by Crippen LogP contribution is 2.43. The summed E-state index contributed by atoms with van der Waals surface area (Å²) in [4.78, 5) is 26.3. The molecule has 0 bridgehead atoms. The number of thiophene rings is 1. The van der Waals surface area contributed by atoms with E-state index in [-0.39, 0.29) is 23.6 Å². The molecule has 154 valence electrons. The van der Waals surface area contributed by atoms with Gasteiger partial charge >= 0.3 is 6.09 Å². The minimum absolute atomic E-state index is 0.0484. The Morgan fingerprint density at radius 2 is 1.96 bits per heavy atom. The molecule has 1 saturated heterocycles. The number of hydrogen-bond donors (Lipinski definition) is 1. The van der Waals surface area contributed by atoms with Gasteiger partial charge in [0.25, 0.3) is 0 Å². The first-order chi connectivity index (χ1) is 13.1. The third-order valence-electron chi connectivity index (χ3n) is 5.24. The fraction of sp³-hybridized carbons (Fsp3) is 0.545. The van der Waals surface area contributed by atoms with E-state index in [4.69, 9.17) is 0 Å². The van der Waals surface area contributed by atoms with E-state index in [0.717, 1.165) is 11.1 Å². The molecule has 1 unspecified atom stereocenters. The summed E-state index contributed by atoms with van der Waals surface area (Å²) in [5.74, 6) is -0.422. The van der Waals surface area contributed by atoms with E-state index in [0.29, 0.717) is 30.3 Å². The second-order valence-corrected chi connectivity index (χ2v) is 9.33. The molecule has 2 aromatic rings. The van der Waals surface area contributed by atoms with E-state index in [1.54, 1.807) is 11.4 Å². The average molecular weight is 408 g/mol. The van der Waals surface area contributed by atoms with Crippen LogP contribution in [0.15, 0.2) is 23.6 Å². The third-order valence-corrected chi connectivity index (χ3v) is 6.20. The quantitative estimate of drug-likeness (QED) is 0.593. The summed E-state index contributed by atoms with van der Waals surface area (Å²) in [5.41, 5.74) is -0.163. The number of amides is 1. The van der Waals surface area contributed by atoms with Crippen LogP contribution in [0.25, 0.3) is 10.1 Å². The predicted octanol–water partition coefficient (Wildman–Crippen LogP) is 6.45. The van der Waals surface area contributed by atoms with E-state index >= 15 is 0 Å². The summed E-state index contributed by atoms with van der Waals surface area (Å²) in [6.07, 6.45) is 0.978. The van der Waals surface area contributed by atoms with Crippen molar-refractivity contribution in [3.05, 3.63) is 35.0 Å². The minimum atomic E-state index is -0.989. The van der Waals surface area contributed by atoms with Crippen molar-refractivity contribution in [3.63, 3.8) is 0 Å². The van der Waals surface area contributed by atoms with Crippen LogP contribution in [-0.4, -0.2) is 35.0 Å². The maximum Gasteiger partial charge on any atom is 0.407 e. The largest absolute Gasteiger partial charge is 0.465 e. The van der Waals surface area contributed by atoms with Crippen LogP contribution in [0, 0.1) is 16.6 Å². The lowest BCUT2D eigenvalue weighted by atomic mass is 9.72. The number of carbonyl (C=O) groups excluding carboxylic acids is 1. The molecule has 1 aliphatic rings.